The van der Waals surface area contributed by atoms with E-state index < -0.39 is 23.9 Å². The molecular weight excluding hydrogens is 1370 g/mol. The highest BCUT2D eigenvalue weighted by molar-refractivity contribution is 6.31. The van der Waals surface area contributed by atoms with Gasteiger partial charge in [0.25, 0.3) is 0 Å². The van der Waals surface area contributed by atoms with Crippen LogP contribution in [0.2, 0.25) is 10.0 Å². The normalized spacial score (nSPS) is 21.1. The second-order valence-electron chi connectivity index (χ2n) is 30.5. The molecule has 8 aliphatic heterocycles. The molecule has 4 N–H and O–H groups in total. The highest BCUT2D eigenvalue weighted by Crippen LogP contribution is 2.48. The molecule has 8 unspecified atom stereocenters. The zero-order valence-electron chi connectivity index (χ0n) is 60.7. The van der Waals surface area contributed by atoms with Crippen LogP contribution >= 0.6 is 23.2 Å². The summed E-state index contributed by atoms with van der Waals surface area (Å²) in [6.07, 6.45) is 32.5. The number of halogens is 2. The lowest BCUT2D eigenvalue weighted by Crippen LogP contribution is -2.33. The first-order valence-corrected chi connectivity index (χ1v) is 38.7. The molecule has 8 aliphatic rings. The lowest BCUT2D eigenvalue weighted by Gasteiger charge is -2.32. The Balaban J connectivity index is 0.000000104. The van der Waals surface area contributed by atoms with Crippen molar-refractivity contribution in [3.8, 4) is 0 Å². The third-order valence-corrected chi connectivity index (χ3v) is 24.1. The molecule has 0 aliphatic carbocycles. The van der Waals surface area contributed by atoms with Crippen LogP contribution in [0, 0.1) is 20.8 Å². The molecule has 8 atom stereocenters. The molecule has 0 radical (unpaired) electrons. The summed E-state index contributed by atoms with van der Waals surface area (Å²) >= 11 is 12.6. The Morgan fingerprint density at radius 2 is 0.849 bits per heavy atom. The molecule has 0 spiro atoms. The largest absolute Gasteiger partial charge is 0.386 e. The van der Waals surface area contributed by atoms with Crippen LogP contribution in [-0.2, 0) is 57.5 Å². The van der Waals surface area contributed by atoms with Crippen LogP contribution < -0.4 is 0 Å². The van der Waals surface area contributed by atoms with Gasteiger partial charge in [0.1, 0.15) is 46.2 Å². The number of rotatable bonds is 12. The minimum absolute atomic E-state index is 0.422. The molecule has 0 bridgehead atoms. The third-order valence-electron chi connectivity index (χ3n) is 23.7. The number of hydrogen-bond donors (Lipinski definition) is 4. The Bertz CT molecular complexity index is 5030. The van der Waals surface area contributed by atoms with Gasteiger partial charge in [-0.2, -0.15) is 0 Å². The van der Waals surface area contributed by atoms with Gasteiger partial charge in [-0.3, -0.25) is 39.5 Å². The fraction of sp³-hybridized carbons (Fsp3) is 0.439. The topological polar surface area (TPSA) is 242 Å². The highest BCUT2D eigenvalue weighted by atomic mass is 35.5. The molecule has 22 nitrogen and oxygen atoms in total. The number of aryl methyl sites for hydroxylation is 3. The van der Waals surface area contributed by atoms with E-state index in [0.29, 0.717) is 77.6 Å². The van der Waals surface area contributed by atoms with E-state index in [1.54, 1.807) is 62.0 Å². The van der Waals surface area contributed by atoms with Crippen LogP contribution in [0.4, 0.5) is 0 Å². The number of fused-ring (bicyclic) bond motifs is 20. The second kappa shape index (κ2) is 29.6. The molecule has 12 aromatic rings. The fourth-order valence-corrected chi connectivity index (χ4v) is 19.2. The average molecular weight is 1460 g/mol. The fourth-order valence-electron chi connectivity index (χ4n) is 18.9. The molecule has 24 heteroatoms. The van der Waals surface area contributed by atoms with Crippen molar-refractivity contribution in [2.24, 2.45) is 0 Å². The van der Waals surface area contributed by atoms with Gasteiger partial charge < -0.3 is 38.7 Å². The van der Waals surface area contributed by atoms with E-state index in [2.05, 4.69) is 104 Å². The third kappa shape index (κ3) is 13.4. The highest BCUT2D eigenvalue weighted by Gasteiger charge is 2.41. The lowest BCUT2D eigenvalue weighted by atomic mass is 9.95. The maximum atomic E-state index is 11.2. The van der Waals surface area contributed by atoms with Crippen molar-refractivity contribution in [1.29, 1.82) is 0 Å². The number of aromatic nitrogens is 14. The molecular formula is C82H92Cl2N18O4. The predicted octanol–water partition coefficient (Wildman–Crippen LogP) is 12.6. The zero-order valence-corrected chi connectivity index (χ0v) is 62.2. The minimum atomic E-state index is -1.03. The Hall–Kier alpha value is -8.52. The van der Waals surface area contributed by atoms with Crippen LogP contribution in [-0.4, -0.2) is 160 Å². The predicted molar refractivity (Wildman–Crippen MR) is 409 cm³/mol. The standard InChI is InChI=1S/C21H23ClN4O.C21H25N5O.C21H24N4O.C19H20ClN5O/c1-21(27,14-4-2-7-23-11-14)13-26-18-6-9-25-8-3-5-17(25)19(18)16-10-15(22)12-24-20(16)26;1-13-8-16-20-17-4-3-6-25(17)7-5-18(20)26(21(16)24-9-13)12-19(27)15-10-22-14(2)23-11-15;1-14-11-15-20-17-6-4-9-24(17)10-7-18(20)25(21(15)23-12-14)13-19(26)16-5-2-3-8-22-16;20-12-8-13-18-15-2-1-6-24(15)7-3-16(18)25(19(13)23-9-12)11-17(26)14-10-21-4-5-22-14/h2,4,7,10-12,17,27H,3,5-6,8-9,13H2,1H3;8-11,17,19,27H,3-7,12H2,1-2H3;2-3,5,8,11-12,17,19,26H,4,6-7,9-10,13H2,1H3;4-5,8-10,15,17,26H,1-3,6-7,11H2. The Morgan fingerprint density at radius 3 is 1.29 bits per heavy atom. The van der Waals surface area contributed by atoms with Gasteiger partial charge in [0.05, 0.1) is 59.9 Å². The first kappa shape index (κ1) is 70.5. The molecule has 4 saturated heterocycles. The van der Waals surface area contributed by atoms with Crippen molar-refractivity contribution < 1.29 is 20.4 Å². The van der Waals surface area contributed by atoms with Crippen molar-refractivity contribution in [2.75, 3.05) is 52.4 Å². The molecule has 12 aromatic heterocycles. The summed E-state index contributed by atoms with van der Waals surface area (Å²) < 4.78 is 8.86. The SMILES string of the molecule is CC(O)(Cn1c2c(c3cc(Cl)cnc31)C1CCCN1CC2)c1cccnc1.Cc1cnc2c(c1)c1c(n2CC(O)c2ccccn2)CCN2CCCC12.Cc1cnc2c(c1)c1c(n2CC(O)c2cnc(C)nc2)CCN2CCCC12.OC(Cn1c2c(c3cc(Cl)cnc31)C1CCCN1CC2)c1cnccn1. The zero-order chi connectivity index (χ0) is 72.5. The van der Waals surface area contributed by atoms with Gasteiger partial charge in [0.15, 0.2) is 0 Å². The van der Waals surface area contributed by atoms with E-state index in [1.807, 2.05) is 68.7 Å². The van der Waals surface area contributed by atoms with Crippen LogP contribution in [0.25, 0.3) is 44.1 Å². The maximum Gasteiger partial charge on any atom is 0.140 e. The van der Waals surface area contributed by atoms with Crippen molar-refractivity contribution in [2.45, 2.75) is 179 Å². The number of nitrogens with zero attached hydrogens (tertiary/aromatic N) is 18. The maximum absolute atomic E-state index is 11.2. The summed E-state index contributed by atoms with van der Waals surface area (Å²) in [6.45, 7) is 18.8. The summed E-state index contributed by atoms with van der Waals surface area (Å²) in [5.74, 6) is 0.716. The van der Waals surface area contributed by atoms with E-state index in [1.165, 1.54) is 131 Å². The lowest BCUT2D eigenvalue weighted by molar-refractivity contribution is 0.0378. The summed E-state index contributed by atoms with van der Waals surface area (Å²) in [7, 11) is 0. The van der Waals surface area contributed by atoms with E-state index in [-0.39, 0.29) is 0 Å². The van der Waals surface area contributed by atoms with Gasteiger partial charge in [0, 0.05) is 200 Å². The number of aliphatic hydroxyl groups is 4. The van der Waals surface area contributed by atoms with E-state index in [9.17, 15) is 20.4 Å². The van der Waals surface area contributed by atoms with E-state index >= 15 is 0 Å². The Morgan fingerprint density at radius 1 is 0.425 bits per heavy atom. The van der Waals surface area contributed by atoms with Crippen molar-refractivity contribution >= 4 is 67.3 Å². The molecule has 0 amide bonds. The Kier molecular flexibility index (Phi) is 19.7. The number of hydrogen-bond acceptors (Lipinski definition) is 18. The summed E-state index contributed by atoms with van der Waals surface area (Å²) in [5.41, 5.74) is 18.9. The molecule has 0 aromatic carbocycles. The Labute approximate surface area is 626 Å². The first-order chi connectivity index (χ1) is 51.6. The first-order valence-electron chi connectivity index (χ1n) is 38.0. The monoisotopic (exact) mass is 1460 g/mol. The molecule has 20 heterocycles. The van der Waals surface area contributed by atoms with Gasteiger partial charge in [-0.05, 0) is 181 Å². The van der Waals surface area contributed by atoms with Gasteiger partial charge in [-0.15, -0.1) is 0 Å². The van der Waals surface area contributed by atoms with E-state index in [0.717, 1.165) is 109 Å². The molecule has 0 saturated carbocycles. The van der Waals surface area contributed by atoms with Gasteiger partial charge >= 0.3 is 0 Å². The number of pyridine rings is 6. The van der Waals surface area contributed by atoms with Gasteiger partial charge in [-0.1, -0.05) is 35.3 Å². The summed E-state index contributed by atoms with van der Waals surface area (Å²) in [6, 6.07) is 20.0. The van der Waals surface area contributed by atoms with Gasteiger partial charge in [0.2, 0.25) is 0 Å². The number of aliphatic hydroxyl groups excluding tert-OH is 3. The van der Waals surface area contributed by atoms with E-state index in [4.69, 9.17) is 33.2 Å². The second-order valence-corrected chi connectivity index (χ2v) is 31.3. The van der Waals surface area contributed by atoms with Crippen LogP contribution in [0.3, 0.4) is 0 Å². The quantitative estimate of drug-likeness (QED) is 0.0888. The molecule has 548 valence electrons. The van der Waals surface area contributed by atoms with Crippen molar-refractivity contribution in [3.63, 3.8) is 0 Å². The van der Waals surface area contributed by atoms with Crippen LogP contribution in [0.5, 0.6) is 0 Å². The van der Waals surface area contributed by atoms with Crippen LogP contribution in [0.15, 0.2) is 129 Å². The summed E-state index contributed by atoms with van der Waals surface area (Å²) in [5, 5.41) is 49.7. The molecule has 20 rings (SSSR count). The average Bonchev–Trinajstić information content (AvgIpc) is 1.60. The smallest absolute Gasteiger partial charge is 0.140 e. The van der Waals surface area contributed by atoms with Crippen molar-refractivity contribution in [3.05, 3.63) is 224 Å². The molecule has 106 heavy (non-hydrogen) atoms. The van der Waals surface area contributed by atoms with Gasteiger partial charge in [-0.25, -0.2) is 29.9 Å². The summed E-state index contributed by atoms with van der Waals surface area (Å²) in [4.78, 5) is 54.4. The van der Waals surface area contributed by atoms with Crippen LogP contribution in [0.1, 0.15) is 185 Å². The minimum Gasteiger partial charge on any atom is -0.386 e. The van der Waals surface area contributed by atoms with Crippen molar-refractivity contribution in [1.82, 2.24) is 87.7 Å². The molecule has 4 fully saturated rings.